The minimum atomic E-state index is 0.653. The van der Waals surface area contributed by atoms with Gasteiger partial charge in [-0.1, -0.05) is 12.1 Å². The summed E-state index contributed by atoms with van der Waals surface area (Å²) in [6.45, 7) is 3.88. The van der Waals surface area contributed by atoms with E-state index in [-0.39, 0.29) is 0 Å². The first-order chi connectivity index (χ1) is 11.2. The molecule has 0 radical (unpaired) electrons. The Morgan fingerprint density at radius 2 is 1.87 bits per heavy atom. The fourth-order valence-electron chi connectivity index (χ4n) is 1.95. The summed E-state index contributed by atoms with van der Waals surface area (Å²) in [4.78, 5) is 6.33. The minimum absolute atomic E-state index is 0.653. The molecule has 0 aliphatic carbocycles. The molecular weight excluding hydrogens is 292 g/mol. The van der Waals surface area contributed by atoms with Crippen LogP contribution in [0.5, 0.6) is 5.75 Å². The molecule has 0 saturated carbocycles. The molecule has 0 unspecified atom stereocenters. The van der Waals surface area contributed by atoms with Gasteiger partial charge in [-0.25, -0.2) is 0 Å². The van der Waals surface area contributed by atoms with Crippen LogP contribution in [0.1, 0.15) is 12.0 Å². The number of guanidine groups is 1. The van der Waals surface area contributed by atoms with E-state index in [4.69, 9.17) is 9.47 Å². The largest absolute Gasteiger partial charge is 0.494 e. The molecule has 0 fully saturated rings. The van der Waals surface area contributed by atoms with E-state index in [1.54, 1.807) is 14.2 Å². The number of hydrogen-bond acceptors (Lipinski definition) is 4. The number of nitrogens with zero attached hydrogens (tertiary/aromatic N) is 2. The van der Waals surface area contributed by atoms with Crippen LogP contribution in [0.25, 0.3) is 0 Å². The topological polar surface area (TPSA) is 58.1 Å². The maximum atomic E-state index is 5.73. The van der Waals surface area contributed by atoms with E-state index in [1.165, 1.54) is 5.56 Å². The molecule has 0 aliphatic rings. The molecule has 1 aromatic carbocycles. The highest BCUT2D eigenvalue weighted by Crippen LogP contribution is 2.12. The summed E-state index contributed by atoms with van der Waals surface area (Å²) in [5.41, 5.74) is 1.18. The number of nitrogens with one attached hydrogen (secondary N) is 2. The van der Waals surface area contributed by atoms with Crippen molar-refractivity contribution < 1.29 is 9.47 Å². The van der Waals surface area contributed by atoms with E-state index in [1.807, 2.05) is 12.1 Å². The number of benzene rings is 1. The first-order valence-corrected chi connectivity index (χ1v) is 7.95. The number of aliphatic imine (C=N–C) groups is 1. The van der Waals surface area contributed by atoms with Crippen LogP contribution in [0.2, 0.25) is 0 Å². The average Bonchev–Trinajstić information content (AvgIpc) is 2.56. The fourth-order valence-corrected chi connectivity index (χ4v) is 1.95. The molecular formula is C17H30N4O2. The summed E-state index contributed by atoms with van der Waals surface area (Å²) < 4.78 is 10.7. The van der Waals surface area contributed by atoms with Gasteiger partial charge in [-0.15, -0.1) is 0 Å². The molecule has 130 valence electrons. The number of rotatable bonds is 10. The highest BCUT2D eigenvalue weighted by molar-refractivity contribution is 5.79. The van der Waals surface area contributed by atoms with Crippen molar-refractivity contribution in [3.05, 3.63) is 29.8 Å². The molecule has 0 heterocycles. The van der Waals surface area contributed by atoms with Crippen molar-refractivity contribution in [3.8, 4) is 5.75 Å². The van der Waals surface area contributed by atoms with E-state index < -0.39 is 0 Å². The van der Waals surface area contributed by atoms with Gasteiger partial charge in [0.15, 0.2) is 5.96 Å². The molecule has 0 amide bonds. The van der Waals surface area contributed by atoms with Crippen molar-refractivity contribution in [1.29, 1.82) is 0 Å². The Morgan fingerprint density at radius 1 is 1.13 bits per heavy atom. The third-order valence-corrected chi connectivity index (χ3v) is 3.22. The molecule has 0 atom stereocenters. The second kappa shape index (κ2) is 11.7. The van der Waals surface area contributed by atoms with E-state index in [2.05, 4.69) is 46.8 Å². The van der Waals surface area contributed by atoms with Crippen molar-refractivity contribution >= 4 is 5.96 Å². The highest BCUT2D eigenvalue weighted by atomic mass is 16.5. The lowest BCUT2D eigenvalue weighted by molar-refractivity contribution is 0.203. The molecule has 23 heavy (non-hydrogen) atoms. The number of ether oxygens (including phenoxy) is 2. The maximum absolute atomic E-state index is 5.73. The monoisotopic (exact) mass is 322 g/mol. The van der Waals surface area contributed by atoms with Gasteiger partial charge in [-0.2, -0.15) is 0 Å². The highest BCUT2D eigenvalue weighted by Gasteiger charge is 1.99. The van der Waals surface area contributed by atoms with Gasteiger partial charge in [-0.3, -0.25) is 4.99 Å². The molecule has 0 aromatic heterocycles. The van der Waals surface area contributed by atoms with Crippen LogP contribution < -0.4 is 15.4 Å². The summed E-state index contributed by atoms with van der Waals surface area (Å²) >= 11 is 0. The first-order valence-electron chi connectivity index (χ1n) is 7.95. The quantitative estimate of drug-likeness (QED) is 0.387. The average molecular weight is 322 g/mol. The Balaban J connectivity index is 2.30. The van der Waals surface area contributed by atoms with Crippen molar-refractivity contribution in [2.75, 3.05) is 54.6 Å². The maximum Gasteiger partial charge on any atom is 0.191 e. The lowest BCUT2D eigenvalue weighted by atomic mass is 10.2. The Kier molecular flexibility index (Phi) is 9.83. The molecule has 6 heteroatoms. The zero-order chi connectivity index (χ0) is 16.9. The second-order valence-corrected chi connectivity index (χ2v) is 5.49. The van der Waals surface area contributed by atoms with Crippen LogP contribution >= 0.6 is 0 Å². The summed E-state index contributed by atoms with van der Waals surface area (Å²) in [5.74, 6) is 1.68. The number of methoxy groups -OCH3 is 1. The molecule has 0 saturated heterocycles. The van der Waals surface area contributed by atoms with Crippen molar-refractivity contribution in [2.45, 2.75) is 13.0 Å². The molecule has 2 N–H and O–H groups in total. The smallest absolute Gasteiger partial charge is 0.191 e. The van der Waals surface area contributed by atoms with E-state index in [0.717, 1.165) is 37.8 Å². The van der Waals surface area contributed by atoms with Gasteiger partial charge in [0.2, 0.25) is 0 Å². The number of hydrogen-bond donors (Lipinski definition) is 2. The predicted molar refractivity (Wildman–Crippen MR) is 95.2 cm³/mol. The lowest BCUT2D eigenvalue weighted by Gasteiger charge is -2.12. The van der Waals surface area contributed by atoms with Gasteiger partial charge in [0.05, 0.1) is 13.2 Å². The zero-order valence-corrected chi connectivity index (χ0v) is 14.8. The third kappa shape index (κ3) is 9.05. The summed E-state index contributed by atoms with van der Waals surface area (Å²) in [7, 11) is 7.58. The van der Waals surface area contributed by atoms with Crippen LogP contribution in [-0.4, -0.2) is 65.4 Å². The molecule has 0 aliphatic heterocycles. The Morgan fingerprint density at radius 3 is 2.48 bits per heavy atom. The van der Waals surface area contributed by atoms with Crippen LogP contribution in [0.4, 0.5) is 0 Å². The van der Waals surface area contributed by atoms with Crippen LogP contribution in [0.3, 0.4) is 0 Å². The Hall–Kier alpha value is -1.79. The van der Waals surface area contributed by atoms with Gasteiger partial charge < -0.3 is 25.0 Å². The summed E-state index contributed by atoms with van der Waals surface area (Å²) in [6.07, 6.45) is 1.03. The molecule has 1 aromatic rings. The molecule has 0 bridgehead atoms. The summed E-state index contributed by atoms with van der Waals surface area (Å²) in [5, 5.41) is 6.45. The van der Waals surface area contributed by atoms with Crippen LogP contribution in [-0.2, 0) is 11.3 Å². The van der Waals surface area contributed by atoms with Crippen LogP contribution in [0.15, 0.2) is 29.3 Å². The standard InChI is InChI=1S/C17H30N4O2/c1-18-17(19-10-13-22-4)20-14-15-6-8-16(9-7-15)23-12-5-11-21(2)3/h6-9H,5,10-14H2,1-4H3,(H2,18,19,20). The van der Waals surface area contributed by atoms with E-state index >= 15 is 0 Å². The molecule has 0 spiro atoms. The molecule has 6 nitrogen and oxygen atoms in total. The van der Waals surface area contributed by atoms with Crippen molar-refractivity contribution in [2.24, 2.45) is 4.99 Å². The van der Waals surface area contributed by atoms with Crippen LogP contribution in [0, 0.1) is 0 Å². The minimum Gasteiger partial charge on any atom is -0.494 e. The molecule has 1 rings (SSSR count). The van der Waals surface area contributed by atoms with Crippen molar-refractivity contribution in [1.82, 2.24) is 15.5 Å². The van der Waals surface area contributed by atoms with E-state index in [9.17, 15) is 0 Å². The SMILES string of the molecule is CN=C(NCCOC)NCc1ccc(OCCCN(C)C)cc1. The normalized spacial score (nSPS) is 11.6. The first kappa shape index (κ1) is 19.3. The van der Waals surface area contributed by atoms with Gasteiger partial charge in [0.1, 0.15) is 5.75 Å². The van der Waals surface area contributed by atoms with Gasteiger partial charge in [0.25, 0.3) is 0 Å². The van der Waals surface area contributed by atoms with Gasteiger partial charge in [-0.05, 0) is 38.2 Å². The van der Waals surface area contributed by atoms with Gasteiger partial charge in [0, 0.05) is 33.8 Å². The lowest BCUT2D eigenvalue weighted by Crippen LogP contribution is -2.38. The third-order valence-electron chi connectivity index (χ3n) is 3.22. The van der Waals surface area contributed by atoms with E-state index in [0.29, 0.717) is 13.2 Å². The fraction of sp³-hybridized carbons (Fsp3) is 0.588. The summed E-state index contributed by atoms with van der Waals surface area (Å²) in [6, 6.07) is 8.15. The Bertz CT molecular complexity index is 446. The second-order valence-electron chi connectivity index (χ2n) is 5.49. The van der Waals surface area contributed by atoms with Crippen molar-refractivity contribution in [3.63, 3.8) is 0 Å². The van der Waals surface area contributed by atoms with Gasteiger partial charge >= 0.3 is 0 Å². The Labute approximate surface area is 139 Å². The zero-order valence-electron chi connectivity index (χ0n) is 14.8. The predicted octanol–water partition coefficient (Wildman–Crippen LogP) is 1.33.